The molecule has 0 aliphatic rings. The van der Waals surface area contributed by atoms with E-state index >= 15 is 0 Å². The molecular weight excluding hydrogens is 380 g/mol. The first-order chi connectivity index (χ1) is 14.0. The summed E-state index contributed by atoms with van der Waals surface area (Å²) in [5, 5.41) is 5.56. The number of benzene rings is 2. The van der Waals surface area contributed by atoms with E-state index in [0.717, 1.165) is 12.1 Å². The van der Waals surface area contributed by atoms with Gasteiger partial charge in [-0.05, 0) is 55.5 Å². The second-order valence-electron chi connectivity index (χ2n) is 5.94. The second-order valence-corrected chi connectivity index (χ2v) is 5.94. The average Bonchev–Trinajstić information content (AvgIpc) is 2.72. The Morgan fingerprint density at radius 2 is 1.66 bits per heavy atom. The van der Waals surface area contributed by atoms with Gasteiger partial charge in [-0.2, -0.15) is 0 Å². The van der Waals surface area contributed by atoms with Gasteiger partial charge < -0.3 is 15.4 Å². The highest BCUT2D eigenvalue weighted by molar-refractivity contribution is 6.03. The number of carbonyl (C=O) groups excluding carboxylic acids is 2. The molecular formula is C21H17F2N3O3. The second kappa shape index (κ2) is 8.92. The molecule has 2 N–H and O–H groups in total. The number of rotatable bonds is 6. The molecule has 1 heterocycles. The number of halogens is 2. The Bertz CT molecular complexity index is 1040. The number of amides is 1. The van der Waals surface area contributed by atoms with Crippen LogP contribution in [0.2, 0.25) is 0 Å². The van der Waals surface area contributed by atoms with Crippen molar-refractivity contribution in [3.63, 3.8) is 0 Å². The van der Waals surface area contributed by atoms with Gasteiger partial charge in [0.2, 0.25) is 0 Å². The Labute approximate surface area is 165 Å². The average molecular weight is 397 g/mol. The fourth-order valence-electron chi connectivity index (χ4n) is 2.47. The largest absolute Gasteiger partial charge is 0.462 e. The number of nitrogens with one attached hydrogen (secondary N) is 2. The summed E-state index contributed by atoms with van der Waals surface area (Å²) in [5.74, 6) is -3.03. The van der Waals surface area contributed by atoms with E-state index in [9.17, 15) is 18.4 Å². The lowest BCUT2D eigenvalue weighted by molar-refractivity contribution is 0.0526. The van der Waals surface area contributed by atoms with Crippen LogP contribution >= 0.6 is 0 Å². The first-order valence-electron chi connectivity index (χ1n) is 8.73. The molecule has 6 nitrogen and oxygen atoms in total. The van der Waals surface area contributed by atoms with Crippen LogP contribution in [0.25, 0.3) is 0 Å². The SMILES string of the molecule is CCOC(=O)c1ccc(Nc2ccnc(C(=O)Nc3ccc(F)c(F)c3)c2)cc1. The molecule has 0 bridgehead atoms. The van der Waals surface area contributed by atoms with Crippen molar-refractivity contribution in [1.29, 1.82) is 0 Å². The van der Waals surface area contributed by atoms with Gasteiger partial charge in [0.1, 0.15) is 5.69 Å². The van der Waals surface area contributed by atoms with Gasteiger partial charge in [0.15, 0.2) is 11.6 Å². The Morgan fingerprint density at radius 1 is 0.931 bits per heavy atom. The third-order valence-electron chi connectivity index (χ3n) is 3.85. The molecule has 0 radical (unpaired) electrons. The highest BCUT2D eigenvalue weighted by Gasteiger charge is 2.11. The van der Waals surface area contributed by atoms with Gasteiger partial charge >= 0.3 is 5.97 Å². The van der Waals surface area contributed by atoms with Crippen molar-refractivity contribution in [1.82, 2.24) is 4.98 Å². The van der Waals surface area contributed by atoms with E-state index in [1.54, 1.807) is 37.3 Å². The number of nitrogens with zero attached hydrogens (tertiary/aromatic N) is 1. The van der Waals surface area contributed by atoms with Gasteiger partial charge in [-0.1, -0.05) is 0 Å². The van der Waals surface area contributed by atoms with Gasteiger partial charge in [-0.3, -0.25) is 9.78 Å². The van der Waals surface area contributed by atoms with Gasteiger partial charge in [-0.15, -0.1) is 0 Å². The molecule has 0 atom stereocenters. The van der Waals surface area contributed by atoms with Crippen LogP contribution in [0.3, 0.4) is 0 Å². The predicted octanol–water partition coefficient (Wildman–Crippen LogP) is 4.53. The number of anilines is 3. The van der Waals surface area contributed by atoms with Crippen molar-refractivity contribution in [2.75, 3.05) is 17.2 Å². The number of aromatic nitrogens is 1. The van der Waals surface area contributed by atoms with Gasteiger partial charge in [0.05, 0.1) is 12.2 Å². The van der Waals surface area contributed by atoms with Crippen molar-refractivity contribution in [2.45, 2.75) is 6.92 Å². The number of hydrogen-bond donors (Lipinski definition) is 2. The van der Waals surface area contributed by atoms with E-state index in [1.165, 1.54) is 18.3 Å². The zero-order valence-electron chi connectivity index (χ0n) is 15.4. The molecule has 3 aromatic rings. The zero-order valence-corrected chi connectivity index (χ0v) is 15.4. The predicted molar refractivity (Wildman–Crippen MR) is 104 cm³/mol. The quantitative estimate of drug-likeness (QED) is 0.598. The molecule has 1 aromatic heterocycles. The van der Waals surface area contributed by atoms with Gasteiger partial charge in [0, 0.05) is 29.3 Å². The fourth-order valence-corrected chi connectivity index (χ4v) is 2.47. The highest BCUT2D eigenvalue weighted by atomic mass is 19.2. The summed E-state index contributed by atoms with van der Waals surface area (Å²) >= 11 is 0. The van der Waals surface area contributed by atoms with Crippen molar-refractivity contribution in [2.24, 2.45) is 0 Å². The summed E-state index contributed by atoms with van der Waals surface area (Å²) in [6, 6.07) is 12.9. The molecule has 0 unspecified atom stereocenters. The maximum absolute atomic E-state index is 13.3. The van der Waals surface area contributed by atoms with Crippen LogP contribution in [0.1, 0.15) is 27.8 Å². The molecule has 1 amide bonds. The van der Waals surface area contributed by atoms with Crippen LogP contribution in [0.4, 0.5) is 25.8 Å². The van der Waals surface area contributed by atoms with Gasteiger partial charge in [-0.25, -0.2) is 13.6 Å². The monoisotopic (exact) mass is 397 g/mol. The summed E-state index contributed by atoms with van der Waals surface area (Å²) in [5.41, 5.74) is 1.90. The molecule has 148 valence electrons. The lowest BCUT2D eigenvalue weighted by Gasteiger charge is -2.09. The van der Waals surface area contributed by atoms with Crippen LogP contribution in [0.15, 0.2) is 60.8 Å². The van der Waals surface area contributed by atoms with Crippen molar-refractivity contribution in [3.05, 3.63) is 83.7 Å². The molecule has 0 fully saturated rings. The molecule has 0 saturated heterocycles. The minimum atomic E-state index is -1.06. The molecule has 3 rings (SSSR count). The number of ether oxygens (including phenoxy) is 1. The van der Waals surface area contributed by atoms with Crippen molar-refractivity contribution in [3.8, 4) is 0 Å². The third kappa shape index (κ3) is 5.13. The normalized spacial score (nSPS) is 10.3. The molecule has 29 heavy (non-hydrogen) atoms. The van der Waals surface area contributed by atoms with E-state index in [4.69, 9.17) is 4.74 Å². The summed E-state index contributed by atoms with van der Waals surface area (Å²) in [6.45, 7) is 2.03. The zero-order chi connectivity index (χ0) is 20.8. The Balaban J connectivity index is 1.69. The van der Waals surface area contributed by atoms with Crippen LogP contribution < -0.4 is 10.6 Å². The standard InChI is InChI=1S/C21H17F2N3O3/c1-2-29-21(28)13-3-5-14(6-4-13)25-16-9-10-24-19(12-16)20(27)26-15-7-8-17(22)18(23)11-15/h3-12H,2H2,1H3,(H,24,25)(H,26,27). The van der Waals surface area contributed by atoms with Gasteiger partial charge in [0.25, 0.3) is 5.91 Å². The minimum Gasteiger partial charge on any atom is -0.462 e. The lowest BCUT2D eigenvalue weighted by Crippen LogP contribution is -2.14. The van der Waals surface area contributed by atoms with E-state index in [2.05, 4.69) is 15.6 Å². The Morgan fingerprint density at radius 3 is 2.34 bits per heavy atom. The fraction of sp³-hybridized carbons (Fsp3) is 0.0952. The third-order valence-corrected chi connectivity index (χ3v) is 3.85. The smallest absolute Gasteiger partial charge is 0.338 e. The lowest BCUT2D eigenvalue weighted by atomic mass is 10.2. The maximum Gasteiger partial charge on any atom is 0.338 e. The summed E-state index contributed by atoms with van der Waals surface area (Å²) in [6.07, 6.45) is 1.44. The number of hydrogen-bond acceptors (Lipinski definition) is 5. The van der Waals surface area contributed by atoms with E-state index in [0.29, 0.717) is 23.5 Å². The van der Waals surface area contributed by atoms with E-state index in [-0.39, 0.29) is 11.4 Å². The Kier molecular flexibility index (Phi) is 6.13. The Hall–Kier alpha value is -3.81. The van der Waals surface area contributed by atoms with Crippen LogP contribution in [0.5, 0.6) is 0 Å². The molecule has 8 heteroatoms. The molecule has 0 saturated carbocycles. The number of carbonyl (C=O) groups is 2. The minimum absolute atomic E-state index is 0.0860. The van der Waals surface area contributed by atoms with Crippen LogP contribution in [-0.4, -0.2) is 23.5 Å². The highest BCUT2D eigenvalue weighted by Crippen LogP contribution is 2.19. The molecule has 0 aliphatic carbocycles. The topological polar surface area (TPSA) is 80.3 Å². The van der Waals surface area contributed by atoms with Crippen LogP contribution in [0, 0.1) is 11.6 Å². The summed E-state index contributed by atoms with van der Waals surface area (Å²) in [7, 11) is 0. The van der Waals surface area contributed by atoms with E-state index < -0.39 is 23.5 Å². The molecule has 0 aliphatic heterocycles. The van der Waals surface area contributed by atoms with Crippen molar-refractivity contribution >= 4 is 28.9 Å². The number of pyridine rings is 1. The first kappa shape index (κ1) is 19.9. The first-order valence-corrected chi connectivity index (χ1v) is 8.73. The summed E-state index contributed by atoms with van der Waals surface area (Å²) in [4.78, 5) is 28.0. The van der Waals surface area contributed by atoms with Crippen molar-refractivity contribution < 1.29 is 23.1 Å². The van der Waals surface area contributed by atoms with E-state index in [1.807, 2.05) is 0 Å². The molecule has 2 aromatic carbocycles. The summed E-state index contributed by atoms with van der Waals surface area (Å²) < 4.78 is 31.2. The maximum atomic E-state index is 13.3. The van der Waals surface area contributed by atoms with Crippen LogP contribution in [-0.2, 0) is 4.74 Å². The molecule has 0 spiro atoms. The number of esters is 1.